The molecular weight excluding hydrogens is 665 g/mol. The smallest absolute Gasteiger partial charge is 0.462 e. The van der Waals surface area contributed by atoms with Gasteiger partial charge in [0.05, 0.1) is 27.7 Å². The summed E-state index contributed by atoms with van der Waals surface area (Å²) in [5, 5.41) is 0. The Morgan fingerprint density at radius 1 is 0.608 bits per heavy atom. The van der Waals surface area contributed by atoms with E-state index in [0.29, 0.717) is 17.4 Å². The molecule has 0 amide bonds. The number of carbonyl (C=O) groups excluding carboxylic acids is 2. The van der Waals surface area contributed by atoms with E-state index >= 15 is 0 Å². The van der Waals surface area contributed by atoms with Crippen molar-refractivity contribution in [1.29, 1.82) is 0 Å². The molecule has 0 aliphatic heterocycles. The molecule has 0 aliphatic rings. The number of phosphoric ester groups is 1. The van der Waals surface area contributed by atoms with Crippen molar-refractivity contribution in [2.45, 2.75) is 180 Å². The number of quaternary nitrogens is 1. The Hall–Kier alpha value is -1.51. The molecule has 0 bridgehead atoms. The summed E-state index contributed by atoms with van der Waals surface area (Å²) in [4.78, 5) is 35.2. The van der Waals surface area contributed by atoms with Crippen LogP contribution in [0.1, 0.15) is 174 Å². The molecule has 0 saturated carbocycles. The zero-order valence-electron chi connectivity index (χ0n) is 33.6. The summed E-state index contributed by atoms with van der Waals surface area (Å²) in [5.74, 6) is -0.812. The first-order chi connectivity index (χ1) is 24.5. The molecule has 0 aliphatic carbocycles. The Bertz CT molecular complexity index is 933. The zero-order chi connectivity index (χ0) is 37.9. The SMILES string of the molecule is CCCCC/C=C/C/C=C/CCCCCCCC(=O)OC[C@H](COP(=O)(O)OCC[N+](C)(C)C)OC(=O)CCCCCCCCCCCCCC. The largest absolute Gasteiger partial charge is 0.472 e. The van der Waals surface area contributed by atoms with Gasteiger partial charge >= 0.3 is 19.8 Å². The summed E-state index contributed by atoms with van der Waals surface area (Å²) < 4.78 is 34.2. The van der Waals surface area contributed by atoms with Gasteiger partial charge in [0.1, 0.15) is 19.8 Å². The highest BCUT2D eigenvalue weighted by Gasteiger charge is 2.27. The third kappa shape index (κ3) is 38.0. The molecule has 0 fully saturated rings. The summed E-state index contributed by atoms with van der Waals surface area (Å²) in [5.41, 5.74) is 0. The molecule has 0 heterocycles. The minimum absolute atomic E-state index is 0.0310. The molecule has 51 heavy (non-hydrogen) atoms. The standard InChI is InChI=1S/C41H78NO8P/c1-6-8-10-12-14-16-18-20-21-22-24-25-27-29-31-33-40(43)47-37-39(38-49-51(45,46)48-36-35-42(3,4)5)50-41(44)34-32-30-28-26-23-19-17-15-13-11-9-7-2/h14,16,20-21,39H,6-13,15,17-19,22-38H2,1-5H3/p+1/b16-14+,21-20+/t39-/m1/s1. The van der Waals surface area contributed by atoms with Crippen LogP contribution in [-0.4, -0.2) is 74.9 Å². The Morgan fingerprint density at radius 2 is 1.06 bits per heavy atom. The van der Waals surface area contributed by atoms with Crippen molar-refractivity contribution in [3.8, 4) is 0 Å². The number of allylic oxidation sites excluding steroid dienone is 4. The molecule has 0 spiro atoms. The molecule has 1 N–H and O–H groups in total. The molecular formula is C41H79NO8P+. The predicted molar refractivity (Wildman–Crippen MR) is 211 cm³/mol. The maximum absolute atomic E-state index is 12.6. The fraction of sp³-hybridized carbons (Fsp3) is 0.854. The highest BCUT2D eigenvalue weighted by Crippen LogP contribution is 2.43. The van der Waals surface area contributed by atoms with E-state index < -0.39 is 26.5 Å². The van der Waals surface area contributed by atoms with Gasteiger partial charge in [-0.1, -0.05) is 141 Å². The number of likely N-dealkylation sites (N-methyl/N-ethyl adjacent to an activating group) is 1. The van der Waals surface area contributed by atoms with E-state index in [4.69, 9.17) is 18.5 Å². The Kier molecular flexibility index (Phi) is 33.3. The van der Waals surface area contributed by atoms with Crippen molar-refractivity contribution in [3.63, 3.8) is 0 Å². The normalized spacial score (nSPS) is 13.9. The fourth-order valence-corrected chi connectivity index (χ4v) is 6.20. The number of esters is 2. The lowest BCUT2D eigenvalue weighted by molar-refractivity contribution is -0.870. The average Bonchev–Trinajstić information content (AvgIpc) is 3.07. The zero-order valence-corrected chi connectivity index (χ0v) is 34.5. The van der Waals surface area contributed by atoms with Crippen molar-refractivity contribution < 1.29 is 42.1 Å². The quantitative estimate of drug-likeness (QED) is 0.0220. The first kappa shape index (κ1) is 49.5. The van der Waals surface area contributed by atoms with Crippen LogP contribution in [0.15, 0.2) is 24.3 Å². The van der Waals surface area contributed by atoms with Gasteiger partial charge in [0.2, 0.25) is 0 Å². The number of phosphoric acid groups is 1. The lowest BCUT2D eigenvalue weighted by atomic mass is 10.0. The Morgan fingerprint density at radius 3 is 1.59 bits per heavy atom. The third-order valence-corrected chi connectivity index (χ3v) is 9.72. The molecule has 1 unspecified atom stereocenters. The monoisotopic (exact) mass is 745 g/mol. The van der Waals surface area contributed by atoms with Crippen LogP contribution in [0, 0.1) is 0 Å². The third-order valence-electron chi connectivity index (χ3n) is 8.73. The minimum atomic E-state index is -4.37. The van der Waals surface area contributed by atoms with Gasteiger partial charge in [-0.2, -0.15) is 0 Å². The Balaban J connectivity index is 4.41. The molecule has 9 nitrogen and oxygen atoms in total. The maximum atomic E-state index is 12.6. The van der Waals surface area contributed by atoms with Gasteiger partial charge < -0.3 is 18.9 Å². The van der Waals surface area contributed by atoms with E-state index in [1.165, 1.54) is 83.5 Å². The van der Waals surface area contributed by atoms with Crippen LogP contribution in [-0.2, 0) is 32.7 Å². The second kappa shape index (κ2) is 34.3. The summed E-state index contributed by atoms with van der Waals surface area (Å²) in [6.45, 7) is 4.37. The predicted octanol–water partition coefficient (Wildman–Crippen LogP) is 11.2. The topological polar surface area (TPSA) is 108 Å². The number of hydrogen-bond acceptors (Lipinski definition) is 7. The number of hydrogen-bond donors (Lipinski definition) is 1. The molecule has 0 radical (unpaired) electrons. The summed E-state index contributed by atoms with van der Waals surface area (Å²) in [7, 11) is 1.47. The highest BCUT2D eigenvalue weighted by molar-refractivity contribution is 7.47. The maximum Gasteiger partial charge on any atom is 0.472 e. The minimum Gasteiger partial charge on any atom is -0.462 e. The van der Waals surface area contributed by atoms with E-state index in [-0.39, 0.29) is 32.0 Å². The van der Waals surface area contributed by atoms with E-state index in [2.05, 4.69) is 38.2 Å². The first-order valence-electron chi connectivity index (χ1n) is 20.6. The van der Waals surface area contributed by atoms with Gasteiger partial charge in [-0.25, -0.2) is 4.57 Å². The van der Waals surface area contributed by atoms with Gasteiger partial charge in [-0.05, 0) is 44.9 Å². The van der Waals surface area contributed by atoms with Crippen molar-refractivity contribution in [3.05, 3.63) is 24.3 Å². The Labute approximate surface area is 313 Å². The van der Waals surface area contributed by atoms with Gasteiger partial charge in [0, 0.05) is 12.8 Å². The molecule has 0 aromatic heterocycles. The number of rotatable bonds is 37. The van der Waals surface area contributed by atoms with Gasteiger partial charge in [0.25, 0.3) is 0 Å². The van der Waals surface area contributed by atoms with Crippen LogP contribution < -0.4 is 0 Å². The van der Waals surface area contributed by atoms with Crippen molar-refractivity contribution in [2.75, 3.05) is 47.5 Å². The van der Waals surface area contributed by atoms with E-state index in [9.17, 15) is 19.0 Å². The number of ether oxygens (including phenoxy) is 2. The number of nitrogens with zero attached hydrogens (tertiary/aromatic N) is 1. The molecule has 300 valence electrons. The van der Waals surface area contributed by atoms with E-state index in [0.717, 1.165) is 57.8 Å². The number of carbonyl (C=O) groups is 2. The van der Waals surface area contributed by atoms with Crippen molar-refractivity contribution >= 4 is 19.8 Å². The van der Waals surface area contributed by atoms with Crippen LogP contribution in [0.4, 0.5) is 0 Å². The summed E-state index contributed by atoms with van der Waals surface area (Å²) in [6.07, 6.45) is 35.0. The second-order valence-corrected chi connectivity index (χ2v) is 16.5. The van der Waals surface area contributed by atoms with Gasteiger partial charge in [0.15, 0.2) is 6.10 Å². The lowest BCUT2D eigenvalue weighted by Crippen LogP contribution is -2.37. The van der Waals surface area contributed by atoms with Crippen molar-refractivity contribution in [1.82, 2.24) is 0 Å². The van der Waals surface area contributed by atoms with E-state index in [1.54, 1.807) is 0 Å². The van der Waals surface area contributed by atoms with Gasteiger partial charge in [-0.3, -0.25) is 18.6 Å². The first-order valence-corrected chi connectivity index (χ1v) is 22.1. The lowest BCUT2D eigenvalue weighted by Gasteiger charge is -2.24. The fourth-order valence-electron chi connectivity index (χ4n) is 5.45. The van der Waals surface area contributed by atoms with Crippen LogP contribution in [0.2, 0.25) is 0 Å². The molecule has 10 heteroatoms. The molecule has 0 aromatic carbocycles. The van der Waals surface area contributed by atoms with Crippen molar-refractivity contribution in [2.24, 2.45) is 0 Å². The van der Waals surface area contributed by atoms with Gasteiger partial charge in [-0.15, -0.1) is 0 Å². The van der Waals surface area contributed by atoms with Crippen LogP contribution in [0.25, 0.3) is 0 Å². The van der Waals surface area contributed by atoms with Crippen LogP contribution in [0.3, 0.4) is 0 Å². The molecule has 2 atom stereocenters. The number of unbranched alkanes of at least 4 members (excludes halogenated alkanes) is 19. The van der Waals surface area contributed by atoms with E-state index in [1.807, 2.05) is 21.1 Å². The second-order valence-electron chi connectivity index (χ2n) is 15.0. The molecule has 0 saturated heterocycles. The molecule has 0 aromatic rings. The van der Waals surface area contributed by atoms with Crippen LogP contribution >= 0.6 is 7.82 Å². The van der Waals surface area contributed by atoms with Crippen LogP contribution in [0.5, 0.6) is 0 Å². The molecule has 0 rings (SSSR count). The average molecular weight is 745 g/mol. The highest BCUT2D eigenvalue weighted by atomic mass is 31.2. The summed E-state index contributed by atoms with van der Waals surface area (Å²) in [6, 6.07) is 0. The summed E-state index contributed by atoms with van der Waals surface area (Å²) >= 11 is 0.